The van der Waals surface area contributed by atoms with E-state index in [1.54, 1.807) is 0 Å². The van der Waals surface area contributed by atoms with Gasteiger partial charge >= 0.3 is 0 Å². The highest BCUT2D eigenvalue weighted by Gasteiger charge is 1.96. The number of hydrogen-bond donors (Lipinski definition) is 2. The maximum absolute atomic E-state index is 5.80. The van der Waals surface area contributed by atoms with Crippen LogP contribution in [0.1, 0.15) is 0 Å². The van der Waals surface area contributed by atoms with Gasteiger partial charge < -0.3 is 0 Å². The third kappa shape index (κ3) is 3.51. The lowest BCUT2D eigenvalue weighted by atomic mass is 10.1. The van der Waals surface area contributed by atoms with Crippen LogP contribution >= 0.6 is 23.2 Å². The minimum absolute atomic E-state index is 0.753. The van der Waals surface area contributed by atoms with Crippen LogP contribution in [0.2, 0.25) is 10.0 Å². The van der Waals surface area contributed by atoms with Crippen LogP contribution in [0.3, 0.4) is 0 Å². The van der Waals surface area contributed by atoms with Crippen molar-refractivity contribution in [3.05, 3.63) is 58.6 Å². The second-order valence-corrected chi connectivity index (χ2v) is 3.89. The minimum Gasteiger partial charge on any atom is -0.274 e. The molecule has 0 amide bonds. The Bertz CT molecular complexity index is 380. The number of nitrogens with two attached hydrogens (primary N) is 2. The van der Waals surface area contributed by atoms with Gasteiger partial charge in [0, 0.05) is 10.0 Å². The predicted molar refractivity (Wildman–Crippen MR) is 70.3 cm³/mol. The first-order valence-electron chi connectivity index (χ1n) is 4.60. The molecule has 2 aromatic rings. The first-order valence-corrected chi connectivity index (χ1v) is 5.36. The third-order valence-corrected chi connectivity index (χ3v) is 2.53. The van der Waals surface area contributed by atoms with Crippen LogP contribution < -0.4 is 11.7 Å². The van der Waals surface area contributed by atoms with Crippen molar-refractivity contribution in [1.29, 1.82) is 0 Å². The highest BCUT2D eigenvalue weighted by atomic mass is 35.5. The van der Waals surface area contributed by atoms with Crippen molar-refractivity contribution in [3.63, 3.8) is 0 Å². The molecule has 0 radical (unpaired) electrons. The van der Waals surface area contributed by atoms with Crippen LogP contribution in [0.4, 0.5) is 0 Å². The van der Waals surface area contributed by atoms with Gasteiger partial charge in [-0.1, -0.05) is 47.5 Å². The Hall–Kier alpha value is -1.06. The fourth-order valence-corrected chi connectivity index (χ4v) is 1.54. The molecule has 4 N–H and O–H groups in total. The molecule has 2 nitrogen and oxygen atoms in total. The Morgan fingerprint density at radius 1 is 0.562 bits per heavy atom. The second kappa shape index (κ2) is 6.51. The molecule has 16 heavy (non-hydrogen) atoms. The summed E-state index contributed by atoms with van der Waals surface area (Å²) in [7, 11) is 0. The van der Waals surface area contributed by atoms with Crippen molar-refractivity contribution >= 4 is 23.2 Å². The first-order chi connectivity index (χ1) is 7.75. The second-order valence-electron chi connectivity index (χ2n) is 3.01. The summed E-state index contributed by atoms with van der Waals surface area (Å²) in [5.41, 5.74) is 2.29. The van der Waals surface area contributed by atoms with E-state index in [0.29, 0.717) is 0 Å². The Morgan fingerprint density at radius 2 is 0.812 bits per heavy atom. The van der Waals surface area contributed by atoms with E-state index >= 15 is 0 Å². The van der Waals surface area contributed by atoms with Gasteiger partial charge in [-0.15, -0.1) is 0 Å². The molecule has 0 aliphatic rings. The molecule has 4 heteroatoms. The highest BCUT2D eigenvalue weighted by molar-refractivity contribution is 6.31. The smallest absolute Gasteiger partial charge is 0.0406 e. The zero-order valence-electron chi connectivity index (χ0n) is 8.53. The average molecular weight is 255 g/mol. The molecule has 0 aliphatic heterocycles. The Kier molecular flexibility index (Phi) is 5.29. The van der Waals surface area contributed by atoms with Crippen LogP contribution in [0.15, 0.2) is 48.5 Å². The van der Waals surface area contributed by atoms with E-state index in [1.165, 1.54) is 0 Å². The molecular weight excluding hydrogens is 243 g/mol. The number of rotatable bonds is 1. The fourth-order valence-electron chi connectivity index (χ4n) is 1.28. The van der Waals surface area contributed by atoms with Crippen LogP contribution in [0.25, 0.3) is 11.1 Å². The summed E-state index contributed by atoms with van der Waals surface area (Å²) in [6.07, 6.45) is 0. The normalized spacial score (nSPS) is 9.25. The summed E-state index contributed by atoms with van der Waals surface area (Å²) in [6.45, 7) is 0. The van der Waals surface area contributed by atoms with Crippen molar-refractivity contribution < 1.29 is 0 Å². The molecule has 0 spiro atoms. The average Bonchev–Trinajstić information content (AvgIpc) is 2.34. The quantitative estimate of drug-likeness (QED) is 0.605. The van der Waals surface area contributed by atoms with E-state index in [9.17, 15) is 0 Å². The molecule has 84 valence electrons. The lowest BCUT2D eigenvalue weighted by molar-refractivity contribution is 1.26. The number of benzene rings is 2. The number of halogens is 2. The van der Waals surface area contributed by atoms with Gasteiger partial charge in [0.2, 0.25) is 0 Å². The van der Waals surface area contributed by atoms with Crippen molar-refractivity contribution in [2.24, 2.45) is 11.7 Å². The van der Waals surface area contributed by atoms with Crippen LogP contribution in [0, 0.1) is 0 Å². The monoisotopic (exact) mass is 254 g/mol. The largest absolute Gasteiger partial charge is 0.274 e. The Morgan fingerprint density at radius 3 is 1.06 bits per heavy atom. The van der Waals surface area contributed by atoms with Crippen LogP contribution in [-0.2, 0) is 0 Å². The summed E-state index contributed by atoms with van der Waals surface area (Å²) < 4.78 is 0. The van der Waals surface area contributed by atoms with Gasteiger partial charge in [-0.2, -0.15) is 0 Å². The lowest BCUT2D eigenvalue weighted by Gasteiger charge is -2.01. The van der Waals surface area contributed by atoms with Gasteiger partial charge in [0.25, 0.3) is 0 Å². The van der Waals surface area contributed by atoms with E-state index in [1.807, 2.05) is 48.5 Å². The first kappa shape index (κ1) is 13.0. The van der Waals surface area contributed by atoms with Crippen molar-refractivity contribution in [2.45, 2.75) is 0 Å². The molecule has 0 bridgehead atoms. The molecule has 2 rings (SSSR count). The molecule has 0 saturated carbocycles. The fraction of sp³-hybridized carbons (Fsp3) is 0. The Labute approximate surface area is 105 Å². The van der Waals surface area contributed by atoms with Gasteiger partial charge in [-0.25, -0.2) is 0 Å². The number of hydrogen-bond acceptors (Lipinski definition) is 2. The molecule has 0 heterocycles. The molecule has 0 aromatic heterocycles. The lowest BCUT2D eigenvalue weighted by Crippen LogP contribution is -2.02. The van der Waals surface area contributed by atoms with E-state index in [0.717, 1.165) is 21.2 Å². The van der Waals surface area contributed by atoms with E-state index in [4.69, 9.17) is 23.2 Å². The SMILES string of the molecule is Clc1ccc(-c2ccc(Cl)cc2)cc1.NN. The van der Waals surface area contributed by atoms with Crippen molar-refractivity contribution in [3.8, 4) is 11.1 Å². The van der Waals surface area contributed by atoms with Gasteiger partial charge in [-0.3, -0.25) is 11.7 Å². The maximum Gasteiger partial charge on any atom is 0.0406 e. The van der Waals surface area contributed by atoms with Gasteiger partial charge in [0.05, 0.1) is 0 Å². The van der Waals surface area contributed by atoms with Gasteiger partial charge in [0.15, 0.2) is 0 Å². The zero-order chi connectivity index (χ0) is 12.0. The van der Waals surface area contributed by atoms with Crippen molar-refractivity contribution in [2.75, 3.05) is 0 Å². The molecule has 0 saturated heterocycles. The molecule has 0 unspecified atom stereocenters. The van der Waals surface area contributed by atoms with Gasteiger partial charge in [0.1, 0.15) is 0 Å². The Balaban J connectivity index is 0.000000606. The maximum atomic E-state index is 5.80. The topological polar surface area (TPSA) is 52.0 Å². The van der Waals surface area contributed by atoms with Crippen LogP contribution in [-0.4, -0.2) is 0 Å². The molecule has 0 atom stereocenters. The summed E-state index contributed by atoms with van der Waals surface area (Å²) in [5, 5.41) is 1.51. The van der Waals surface area contributed by atoms with E-state index < -0.39 is 0 Å². The molecular formula is C12H12Cl2N2. The van der Waals surface area contributed by atoms with Crippen molar-refractivity contribution in [1.82, 2.24) is 0 Å². The van der Waals surface area contributed by atoms with E-state index in [2.05, 4.69) is 11.7 Å². The third-order valence-electron chi connectivity index (χ3n) is 2.02. The summed E-state index contributed by atoms with van der Waals surface area (Å²) >= 11 is 11.6. The van der Waals surface area contributed by atoms with E-state index in [-0.39, 0.29) is 0 Å². The molecule has 2 aromatic carbocycles. The minimum atomic E-state index is 0.753. The van der Waals surface area contributed by atoms with Gasteiger partial charge in [-0.05, 0) is 35.4 Å². The highest BCUT2D eigenvalue weighted by Crippen LogP contribution is 2.22. The summed E-state index contributed by atoms with van der Waals surface area (Å²) in [4.78, 5) is 0. The summed E-state index contributed by atoms with van der Waals surface area (Å²) in [6, 6.07) is 15.5. The van der Waals surface area contributed by atoms with Crippen LogP contribution in [0.5, 0.6) is 0 Å². The summed E-state index contributed by atoms with van der Waals surface area (Å²) in [5.74, 6) is 8.00. The predicted octanol–water partition coefficient (Wildman–Crippen LogP) is 3.48. The number of hydrazine groups is 1. The zero-order valence-corrected chi connectivity index (χ0v) is 10.0. The molecule has 0 aliphatic carbocycles. The molecule has 0 fully saturated rings. The standard InChI is InChI=1S/C12H8Cl2.H4N2/c13-11-5-1-9(2-6-11)10-3-7-12(14)8-4-10;1-2/h1-8H;1-2H2.